The SMILES string of the molecule is O=C(Nc1cccc(Cn2cc(Cl)cn2)c1)c1ccc(COc2c(F)c(F)cc(F)c2F)o1. The summed E-state index contributed by atoms with van der Waals surface area (Å²) in [5, 5.41) is 7.26. The molecule has 1 N–H and O–H groups in total. The van der Waals surface area contributed by atoms with E-state index in [0.29, 0.717) is 17.3 Å². The molecule has 170 valence electrons. The highest BCUT2D eigenvalue weighted by Gasteiger charge is 2.21. The number of anilines is 1. The smallest absolute Gasteiger partial charge is 0.291 e. The van der Waals surface area contributed by atoms with Crippen molar-refractivity contribution in [1.82, 2.24) is 9.78 Å². The van der Waals surface area contributed by atoms with Gasteiger partial charge in [-0.2, -0.15) is 13.9 Å². The zero-order chi connectivity index (χ0) is 23.5. The van der Waals surface area contributed by atoms with Crippen molar-refractivity contribution in [3.63, 3.8) is 0 Å². The molecule has 4 aromatic rings. The molecule has 0 radical (unpaired) electrons. The molecule has 11 heteroatoms. The van der Waals surface area contributed by atoms with E-state index in [1.165, 1.54) is 18.3 Å². The van der Waals surface area contributed by atoms with E-state index in [1.54, 1.807) is 29.1 Å². The lowest BCUT2D eigenvalue weighted by atomic mass is 10.2. The summed E-state index contributed by atoms with van der Waals surface area (Å²) >= 11 is 5.85. The van der Waals surface area contributed by atoms with Crippen LogP contribution < -0.4 is 10.1 Å². The number of hydrogen-bond acceptors (Lipinski definition) is 4. The second-order valence-corrected chi connectivity index (χ2v) is 7.30. The molecule has 2 aromatic heterocycles. The minimum absolute atomic E-state index is 0.00734. The molecule has 0 atom stereocenters. The molecule has 2 aromatic carbocycles. The lowest BCUT2D eigenvalue weighted by Crippen LogP contribution is -2.11. The zero-order valence-electron chi connectivity index (χ0n) is 16.6. The lowest BCUT2D eigenvalue weighted by Gasteiger charge is -2.08. The summed E-state index contributed by atoms with van der Waals surface area (Å²) in [6.07, 6.45) is 3.17. The van der Waals surface area contributed by atoms with Crippen LogP contribution in [0.25, 0.3) is 0 Å². The monoisotopic (exact) mass is 479 g/mol. The molecule has 0 aliphatic heterocycles. The van der Waals surface area contributed by atoms with E-state index in [9.17, 15) is 22.4 Å². The minimum atomic E-state index is -1.67. The Morgan fingerprint density at radius 2 is 1.85 bits per heavy atom. The molecule has 0 bridgehead atoms. The molecule has 33 heavy (non-hydrogen) atoms. The molecule has 0 saturated carbocycles. The molecule has 0 aliphatic carbocycles. The molecular weight excluding hydrogens is 466 g/mol. The third-order valence-corrected chi connectivity index (χ3v) is 4.64. The van der Waals surface area contributed by atoms with Crippen LogP contribution >= 0.6 is 11.6 Å². The van der Waals surface area contributed by atoms with Crippen molar-refractivity contribution < 1.29 is 31.5 Å². The molecule has 1 amide bonds. The van der Waals surface area contributed by atoms with Gasteiger partial charge in [-0.3, -0.25) is 9.48 Å². The van der Waals surface area contributed by atoms with Crippen LogP contribution in [0, 0.1) is 23.3 Å². The Bertz CT molecular complexity index is 1300. The molecule has 0 saturated heterocycles. The predicted octanol–water partition coefficient (Wildman–Crippen LogP) is 5.57. The van der Waals surface area contributed by atoms with Gasteiger partial charge in [0, 0.05) is 18.0 Å². The van der Waals surface area contributed by atoms with Crippen LogP contribution in [-0.4, -0.2) is 15.7 Å². The van der Waals surface area contributed by atoms with E-state index >= 15 is 0 Å². The first-order chi connectivity index (χ1) is 15.8. The molecule has 4 rings (SSSR count). The number of aromatic nitrogens is 2. The van der Waals surface area contributed by atoms with Gasteiger partial charge in [0.1, 0.15) is 12.4 Å². The summed E-state index contributed by atoms with van der Waals surface area (Å²) in [7, 11) is 0. The summed E-state index contributed by atoms with van der Waals surface area (Å²) in [4.78, 5) is 12.5. The van der Waals surface area contributed by atoms with Crippen molar-refractivity contribution in [2.75, 3.05) is 5.32 Å². The van der Waals surface area contributed by atoms with Gasteiger partial charge in [-0.1, -0.05) is 23.7 Å². The van der Waals surface area contributed by atoms with Crippen molar-refractivity contribution >= 4 is 23.2 Å². The first-order valence-corrected chi connectivity index (χ1v) is 9.80. The molecule has 0 spiro atoms. The predicted molar refractivity (Wildman–Crippen MR) is 110 cm³/mol. The number of nitrogens with zero attached hydrogens (tertiary/aromatic N) is 2. The zero-order valence-corrected chi connectivity index (χ0v) is 17.4. The Labute approximate surface area is 189 Å². The van der Waals surface area contributed by atoms with Gasteiger partial charge in [0.25, 0.3) is 5.91 Å². The fourth-order valence-electron chi connectivity index (χ4n) is 2.95. The average molecular weight is 480 g/mol. The quantitative estimate of drug-likeness (QED) is 0.278. The van der Waals surface area contributed by atoms with Gasteiger partial charge in [0.15, 0.2) is 23.1 Å². The highest BCUT2D eigenvalue weighted by Crippen LogP contribution is 2.27. The first-order valence-electron chi connectivity index (χ1n) is 9.43. The Hall–Kier alpha value is -3.79. The minimum Gasteiger partial charge on any atom is -0.479 e. The fraction of sp³-hybridized carbons (Fsp3) is 0.0909. The number of furan rings is 1. The normalized spacial score (nSPS) is 10.9. The van der Waals surface area contributed by atoms with Crippen LogP contribution in [0.1, 0.15) is 21.9 Å². The Balaban J connectivity index is 1.40. The third-order valence-electron chi connectivity index (χ3n) is 4.45. The standard InChI is InChI=1S/C22H14ClF4N3O3/c23-13-8-28-30(10-13)9-12-2-1-3-14(6-12)29-22(31)18-5-4-15(33-18)11-32-21-19(26)16(24)7-17(25)20(21)27/h1-8,10H,9,11H2,(H,29,31). The number of benzene rings is 2. The molecule has 0 aliphatic rings. The maximum absolute atomic E-state index is 13.7. The van der Waals surface area contributed by atoms with Crippen LogP contribution in [0.2, 0.25) is 5.02 Å². The second kappa shape index (κ2) is 9.37. The maximum Gasteiger partial charge on any atom is 0.291 e. The summed E-state index contributed by atoms with van der Waals surface area (Å²) < 4.78 is 65.7. The largest absolute Gasteiger partial charge is 0.479 e. The Morgan fingerprint density at radius 1 is 1.09 bits per heavy atom. The Kier molecular flexibility index (Phi) is 6.36. The van der Waals surface area contributed by atoms with Crippen LogP contribution in [0.5, 0.6) is 5.75 Å². The number of rotatable bonds is 7. The summed E-state index contributed by atoms with van der Waals surface area (Å²) in [6, 6.07) is 9.74. The Morgan fingerprint density at radius 3 is 2.55 bits per heavy atom. The van der Waals surface area contributed by atoms with E-state index in [4.69, 9.17) is 20.8 Å². The van der Waals surface area contributed by atoms with Gasteiger partial charge in [-0.15, -0.1) is 0 Å². The van der Waals surface area contributed by atoms with E-state index in [2.05, 4.69) is 10.4 Å². The fourth-order valence-corrected chi connectivity index (χ4v) is 3.11. The van der Waals surface area contributed by atoms with Gasteiger partial charge in [-0.05, 0) is 29.8 Å². The van der Waals surface area contributed by atoms with Crippen LogP contribution in [0.3, 0.4) is 0 Å². The van der Waals surface area contributed by atoms with Crippen LogP contribution in [0.4, 0.5) is 23.2 Å². The number of carbonyl (C=O) groups is 1. The lowest BCUT2D eigenvalue weighted by molar-refractivity contribution is 0.0992. The number of amides is 1. The van der Waals surface area contributed by atoms with Crippen molar-refractivity contribution in [3.05, 3.63) is 100 Å². The molecular formula is C22H14ClF4N3O3. The van der Waals surface area contributed by atoms with Crippen LogP contribution in [-0.2, 0) is 13.2 Å². The van der Waals surface area contributed by atoms with E-state index in [-0.39, 0.29) is 17.6 Å². The third kappa shape index (κ3) is 5.17. The summed E-state index contributed by atoms with van der Waals surface area (Å²) in [5.41, 5.74) is 1.34. The topological polar surface area (TPSA) is 69.3 Å². The highest BCUT2D eigenvalue weighted by molar-refractivity contribution is 6.30. The molecule has 0 fully saturated rings. The van der Waals surface area contributed by atoms with Gasteiger partial charge in [-0.25, -0.2) is 8.78 Å². The van der Waals surface area contributed by atoms with E-state index in [0.717, 1.165) is 5.56 Å². The first kappa shape index (κ1) is 22.4. The van der Waals surface area contributed by atoms with Gasteiger partial charge in [0.05, 0.1) is 17.8 Å². The molecule has 0 unspecified atom stereocenters. The number of hydrogen-bond donors (Lipinski definition) is 1. The van der Waals surface area contributed by atoms with E-state index < -0.39 is 41.5 Å². The van der Waals surface area contributed by atoms with Crippen molar-refractivity contribution in [2.24, 2.45) is 0 Å². The van der Waals surface area contributed by atoms with E-state index in [1.807, 2.05) is 6.07 Å². The number of carbonyl (C=O) groups excluding carboxylic acids is 1. The number of ether oxygens (including phenoxy) is 1. The van der Waals surface area contributed by atoms with Crippen molar-refractivity contribution in [2.45, 2.75) is 13.2 Å². The number of halogens is 5. The van der Waals surface area contributed by atoms with Gasteiger partial charge >= 0.3 is 0 Å². The average Bonchev–Trinajstić information content (AvgIpc) is 3.41. The molecule has 2 heterocycles. The van der Waals surface area contributed by atoms with Gasteiger partial charge in [0.2, 0.25) is 11.6 Å². The van der Waals surface area contributed by atoms with Crippen molar-refractivity contribution in [3.8, 4) is 5.75 Å². The summed E-state index contributed by atoms with van der Waals surface area (Å²) in [5.74, 6) is -8.44. The van der Waals surface area contributed by atoms with Gasteiger partial charge < -0.3 is 14.5 Å². The number of nitrogens with one attached hydrogen (secondary N) is 1. The second-order valence-electron chi connectivity index (χ2n) is 6.86. The highest BCUT2D eigenvalue weighted by atomic mass is 35.5. The maximum atomic E-state index is 13.7. The molecule has 6 nitrogen and oxygen atoms in total. The van der Waals surface area contributed by atoms with Crippen molar-refractivity contribution in [1.29, 1.82) is 0 Å². The summed E-state index contributed by atoms with van der Waals surface area (Å²) in [6.45, 7) is -0.127. The van der Waals surface area contributed by atoms with Crippen LogP contribution in [0.15, 0.2) is 59.3 Å².